The number of hydrogen-bond donors (Lipinski definition) is 1. The highest BCUT2D eigenvalue weighted by molar-refractivity contribution is 5.92. The minimum Gasteiger partial charge on any atom is -0.381 e. The first-order chi connectivity index (χ1) is 8.17. The zero-order valence-corrected chi connectivity index (χ0v) is 10.9. The Balaban J connectivity index is 4.10. The summed E-state index contributed by atoms with van der Waals surface area (Å²) in [5.74, 6) is -0.0821. The second-order valence-electron chi connectivity index (χ2n) is 3.90. The van der Waals surface area contributed by atoms with Crippen LogP contribution in [0, 0.1) is 0 Å². The van der Waals surface area contributed by atoms with Gasteiger partial charge in [-0.25, -0.2) is 0 Å². The smallest absolute Gasteiger partial charge is 0.269 e. The second kappa shape index (κ2) is 9.70. The molecular weight excluding hydrogens is 212 g/mol. The number of amides is 1. The van der Waals surface area contributed by atoms with Crippen molar-refractivity contribution in [2.45, 2.75) is 26.2 Å². The summed E-state index contributed by atoms with van der Waals surface area (Å²) < 4.78 is 0. The third-order valence-electron chi connectivity index (χ3n) is 2.36. The highest BCUT2D eigenvalue weighted by Crippen LogP contribution is 1.99. The van der Waals surface area contributed by atoms with Gasteiger partial charge >= 0.3 is 0 Å². The van der Waals surface area contributed by atoms with Gasteiger partial charge in [-0.3, -0.25) is 4.79 Å². The van der Waals surface area contributed by atoms with Crippen LogP contribution in [-0.4, -0.2) is 30.4 Å². The van der Waals surface area contributed by atoms with Crippen LogP contribution in [0.3, 0.4) is 0 Å². The van der Waals surface area contributed by atoms with Crippen LogP contribution in [-0.2, 0) is 4.79 Å². The average molecular weight is 236 g/mol. The maximum absolute atomic E-state index is 12.0. The highest BCUT2D eigenvalue weighted by Gasteiger charge is 2.13. The van der Waals surface area contributed by atoms with E-state index in [2.05, 4.69) is 32.0 Å². The van der Waals surface area contributed by atoms with Crippen molar-refractivity contribution in [2.24, 2.45) is 0 Å². The molecule has 0 aliphatic heterocycles. The first-order valence-electron chi connectivity index (χ1n) is 6.11. The molecule has 0 radical (unpaired) electrons. The van der Waals surface area contributed by atoms with Crippen molar-refractivity contribution in [2.75, 3.05) is 19.6 Å². The average Bonchev–Trinajstić information content (AvgIpc) is 2.33. The molecule has 0 rings (SSSR count). The number of carbonyl (C=O) groups is 1. The van der Waals surface area contributed by atoms with Crippen molar-refractivity contribution in [3.63, 3.8) is 0 Å². The molecular formula is C14H24N2O. The summed E-state index contributed by atoms with van der Waals surface area (Å²) in [6.45, 7) is 15.0. The molecule has 0 aliphatic carbocycles. The Morgan fingerprint density at radius 1 is 1.24 bits per heavy atom. The van der Waals surface area contributed by atoms with Crippen LogP contribution in [0.15, 0.2) is 37.6 Å². The van der Waals surface area contributed by atoms with Crippen LogP contribution in [0.5, 0.6) is 0 Å². The van der Waals surface area contributed by atoms with Crippen LogP contribution in [0.25, 0.3) is 0 Å². The molecule has 0 aromatic carbocycles. The molecule has 0 spiro atoms. The summed E-state index contributed by atoms with van der Waals surface area (Å²) in [5.41, 5.74) is 0.449. The Kier molecular flexibility index (Phi) is 8.84. The summed E-state index contributed by atoms with van der Waals surface area (Å²) in [4.78, 5) is 13.6. The minimum atomic E-state index is -0.0821. The van der Waals surface area contributed by atoms with Gasteiger partial charge in [0.25, 0.3) is 5.91 Å². The molecule has 0 fully saturated rings. The van der Waals surface area contributed by atoms with Gasteiger partial charge < -0.3 is 10.2 Å². The molecule has 17 heavy (non-hydrogen) atoms. The van der Waals surface area contributed by atoms with E-state index in [4.69, 9.17) is 0 Å². The lowest BCUT2D eigenvalue weighted by Crippen LogP contribution is -2.36. The number of nitrogens with one attached hydrogen (secondary N) is 1. The molecule has 0 bridgehead atoms. The SMILES string of the molecule is C=CCN(CC=C)C(=O)C(=C)NCCCCC. The molecule has 3 heteroatoms. The summed E-state index contributed by atoms with van der Waals surface area (Å²) in [7, 11) is 0. The summed E-state index contributed by atoms with van der Waals surface area (Å²) in [6, 6.07) is 0. The normalized spacial score (nSPS) is 9.47. The number of carbonyl (C=O) groups excluding carboxylic acids is 1. The lowest BCUT2D eigenvalue weighted by Gasteiger charge is -2.21. The fourth-order valence-corrected chi connectivity index (χ4v) is 1.43. The van der Waals surface area contributed by atoms with Crippen molar-refractivity contribution >= 4 is 5.91 Å². The summed E-state index contributed by atoms with van der Waals surface area (Å²) in [5, 5.41) is 3.06. The van der Waals surface area contributed by atoms with E-state index in [9.17, 15) is 4.79 Å². The van der Waals surface area contributed by atoms with Gasteiger partial charge in [-0.15, -0.1) is 13.2 Å². The largest absolute Gasteiger partial charge is 0.381 e. The Hall–Kier alpha value is -1.51. The number of unbranched alkanes of at least 4 members (excludes halogenated alkanes) is 2. The summed E-state index contributed by atoms with van der Waals surface area (Å²) >= 11 is 0. The molecule has 0 atom stereocenters. The van der Waals surface area contributed by atoms with E-state index in [-0.39, 0.29) is 5.91 Å². The van der Waals surface area contributed by atoms with Crippen molar-refractivity contribution < 1.29 is 4.79 Å². The van der Waals surface area contributed by atoms with Crippen molar-refractivity contribution in [1.29, 1.82) is 0 Å². The fraction of sp³-hybridized carbons (Fsp3) is 0.500. The van der Waals surface area contributed by atoms with Crippen molar-refractivity contribution in [3.8, 4) is 0 Å². The van der Waals surface area contributed by atoms with E-state index in [1.54, 1.807) is 17.1 Å². The van der Waals surface area contributed by atoms with E-state index in [1.165, 1.54) is 6.42 Å². The zero-order valence-electron chi connectivity index (χ0n) is 10.9. The van der Waals surface area contributed by atoms with Gasteiger partial charge in [0.1, 0.15) is 0 Å². The van der Waals surface area contributed by atoms with E-state index in [0.717, 1.165) is 19.4 Å². The lowest BCUT2D eigenvalue weighted by atomic mass is 10.2. The standard InChI is InChI=1S/C14H24N2O/c1-5-8-9-10-15-13(4)14(17)16(11-6-2)12-7-3/h6-7,15H,2-5,8-12H2,1H3. The van der Waals surface area contributed by atoms with E-state index in [1.807, 2.05) is 0 Å². The van der Waals surface area contributed by atoms with Crippen molar-refractivity contribution in [1.82, 2.24) is 10.2 Å². The third kappa shape index (κ3) is 6.61. The molecule has 0 aromatic rings. The Labute approximate surface area is 105 Å². The number of hydrogen-bond acceptors (Lipinski definition) is 2. The van der Waals surface area contributed by atoms with Gasteiger partial charge in [0, 0.05) is 19.6 Å². The van der Waals surface area contributed by atoms with Gasteiger partial charge in [-0.2, -0.15) is 0 Å². The van der Waals surface area contributed by atoms with Crippen LogP contribution < -0.4 is 5.32 Å². The molecule has 0 unspecified atom stereocenters. The van der Waals surface area contributed by atoms with E-state index < -0.39 is 0 Å². The number of nitrogens with zero attached hydrogens (tertiary/aromatic N) is 1. The van der Waals surface area contributed by atoms with Crippen molar-refractivity contribution in [3.05, 3.63) is 37.6 Å². The van der Waals surface area contributed by atoms with E-state index >= 15 is 0 Å². The molecule has 1 amide bonds. The molecule has 0 aliphatic rings. The van der Waals surface area contributed by atoms with E-state index in [0.29, 0.717) is 18.8 Å². The first-order valence-corrected chi connectivity index (χ1v) is 6.11. The third-order valence-corrected chi connectivity index (χ3v) is 2.36. The van der Waals surface area contributed by atoms with Crippen LogP contribution in [0.1, 0.15) is 26.2 Å². The van der Waals surface area contributed by atoms with Gasteiger partial charge in [-0.05, 0) is 6.42 Å². The Morgan fingerprint density at radius 3 is 2.29 bits per heavy atom. The van der Waals surface area contributed by atoms with Gasteiger partial charge in [0.2, 0.25) is 0 Å². The first kappa shape index (κ1) is 15.5. The molecule has 1 N–H and O–H groups in total. The topological polar surface area (TPSA) is 32.3 Å². The van der Waals surface area contributed by atoms with Gasteiger partial charge in [0.05, 0.1) is 5.70 Å². The molecule has 0 saturated heterocycles. The predicted molar refractivity (Wildman–Crippen MR) is 73.6 cm³/mol. The molecule has 0 aromatic heterocycles. The Bertz CT molecular complexity index is 261. The predicted octanol–water partition coefficient (Wildman–Crippen LogP) is 2.48. The molecule has 96 valence electrons. The maximum Gasteiger partial charge on any atom is 0.269 e. The monoisotopic (exact) mass is 236 g/mol. The molecule has 3 nitrogen and oxygen atoms in total. The molecule has 0 saturated carbocycles. The number of rotatable bonds is 10. The Morgan fingerprint density at radius 2 is 1.82 bits per heavy atom. The second-order valence-corrected chi connectivity index (χ2v) is 3.90. The zero-order chi connectivity index (χ0) is 13.1. The lowest BCUT2D eigenvalue weighted by molar-refractivity contribution is -0.126. The van der Waals surface area contributed by atoms with Crippen LogP contribution >= 0.6 is 0 Å². The van der Waals surface area contributed by atoms with Crippen LogP contribution in [0.4, 0.5) is 0 Å². The quantitative estimate of drug-likeness (QED) is 0.359. The van der Waals surface area contributed by atoms with Gasteiger partial charge in [-0.1, -0.05) is 38.5 Å². The fourth-order valence-electron chi connectivity index (χ4n) is 1.43. The van der Waals surface area contributed by atoms with Gasteiger partial charge in [0.15, 0.2) is 0 Å². The minimum absolute atomic E-state index is 0.0821. The maximum atomic E-state index is 12.0. The molecule has 0 heterocycles. The van der Waals surface area contributed by atoms with Crippen LogP contribution in [0.2, 0.25) is 0 Å². The summed E-state index contributed by atoms with van der Waals surface area (Å²) in [6.07, 6.45) is 6.79. The highest BCUT2D eigenvalue weighted by atomic mass is 16.2.